The van der Waals surface area contributed by atoms with Gasteiger partial charge in [0.2, 0.25) is 0 Å². The first-order valence-electron chi connectivity index (χ1n) is 10.4. The molecule has 166 valence electrons. The standard InChI is InChI=1S/C25H20ClN3O4/c26-20-8-4-7-18(11-20)16-32-21-9-10-23-22(12-21)19(15-29-24(30)27-25(31)33-29)14-28(23)13-17-5-2-1-3-6-17/h1-12,14H,13,15-16H2,(H,27,30,31). The lowest BCUT2D eigenvalue weighted by molar-refractivity contribution is 0.258. The van der Waals surface area contributed by atoms with Gasteiger partial charge in [-0.1, -0.05) is 54.1 Å². The summed E-state index contributed by atoms with van der Waals surface area (Å²) in [6, 6.07) is 23.5. The molecule has 0 aliphatic carbocycles. The van der Waals surface area contributed by atoms with E-state index < -0.39 is 11.4 Å². The lowest BCUT2D eigenvalue weighted by Gasteiger charge is -2.09. The van der Waals surface area contributed by atoms with Crippen molar-refractivity contribution in [1.82, 2.24) is 14.3 Å². The first-order chi connectivity index (χ1) is 16.0. The molecule has 0 aliphatic rings. The van der Waals surface area contributed by atoms with Crippen LogP contribution in [-0.4, -0.2) is 14.3 Å². The number of ether oxygens (including phenoxy) is 1. The molecule has 3 aromatic carbocycles. The number of halogens is 1. The minimum Gasteiger partial charge on any atom is -0.489 e. The van der Waals surface area contributed by atoms with E-state index in [-0.39, 0.29) is 6.54 Å². The van der Waals surface area contributed by atoms with Crippen LogP contribution in [0.5, 0.6) is 5.75 Å². The van der Waals surface area contributed by atoms with Crippen LogP contribution in [0.25, 0.3) is 10.9 Å². The summed E-state index contributed by atoms with van der Waals surface area (Å²) in [5, 5.41) is 1.57. The summed E-state index contributed by atoms with van der Waals surface area (Å²) in [5.74, 6) is -0.0948. The molecule has 0 saturated carbocycles. The smallest absolute Gasteiger partial charge is 0.440 e. The molecular formula is C25H20ClN3O4. The maximum atomic E-state index is 12.0. The summed E-state index contributed by atoms with van der Waals surface area (Å²) in [7, 11) is 0. The fourth-order valence-corrected chi connectivity index (χ4v) is 4.06. The van der Waals surface area contributed by atoms with E-state index in [9.17, 15) is 9.59 Å². The van der Waals surface area contributed by atoms with Crippen LogP contribution in [0.15, 0.2) is 93.1 Å². The zero-order valence-electron chi connectivity index (χ0n) is 17.5. The highest BCUT2D eigenvalue weighted by Gasteiger charge is 2.14. The zero-order chi connectivity index (χ0) is 22.8. The molecule has 1 N–H and O–H groups in total. The molecular weight excluding hydrogens is 442 g/mol. The van der Waals surface area contributed by atoms with Gasteiger partial charge >= 0.3 is 11.4 Å². The summed E-state index contributed by atoms with van der Waals surface area (Å²) < 4.78 is 14.1. The minimum absolute atomic E-state index is 0.119. The Morgan fingerprint density at radius 1 is 0.909 bits per heavy atom. The molecule has 7 nitrogen and oxygen atoms in total. The highest BCUT2D eigenvalue weighted by Crippen LogP contribution is 2.28. The minimum atomic E-state index is -0.779. The van der Waals surface area contributed by atoms with Crippen molar-refractivity contribution in [2.24, 2.45) is 0 Å². The molecule has 8 heteroatoms. The number of H-pyrrole nitrogens is 1. The lowest BCUT2D eigenvalue weighted by atomic mass is 10.1. The van der Waals surface area contributed by atoms with Gasteiger partial charge in [-0.25, -0.2) is 14.6 Å². The first kappa shape index (κ1) is 20.9. The van der Waals surface area contributed by atoms with Gasteiger partial charge < -0.3 is 13.8 Å². The number of aromatic nitrogens is 3. The number of benzene rings is 3. The van der Waals surface area contributed by atoms with Crippen molar-refractivity contribution >= 4 is 22.5 Å². The highest BCUT2D eigenvalue weighted by molar-refractivity contribution is 6.30. The van der Waals surface area contributed by atoms with Gasteiger partial charge in [0.1, 0.15) is 12.4 Å². The first-order valence-corrected chi connectivity index (χ1v) is 10.8. The van der Waals surface area contributed by atoms with Gasteiger partial charge in [0.05, 0.1) is 6.54 Å². The molecule has 0 saturated heterocycles. The molecule has 0 spiro atoms. The monoisotopic (exact) mass is 461 g/mol. The quantitative estimate of drug-likeness (QED) is 0.389. The van der Waals surface area contributed by atoms with Crippen molar-refractivity contribution < 1.29 is 9.26 Å². The zero-order valence-corrected chi connectivity index (χ0v) is 18.3. The molecule has 2 heterocycles. The Hall–Kier alpha value is -3.97. The molecule has 0 amide bonds. The average Bonchev–Trinajstić information content (AvgIpc) is 3.31. The van der Waals surface area contributed by atoms with Gasteiger partial charge in [0, 0.05) is 34.2 Å². The third-order valence-electron chi connectivity index (χ3n) is 5.37. The Labute approximate surface area is 193 Å². The fraction of sp³-hybridized carbons (Fsp3) is 0.120. The SMILES string of the molecule is O=c1[nH]c(=O)n(Cc2cn(Cc3ccccc3)c3ccc(OCc4cccc(Cl)c4)cc23)o1. The van der Waals surface area contributed by atoms with Gasteiger partial charge in [-0.05, 0) is 41.5 Å². The maximum Gasteiger partial charge on any atom is 0.440 e. The van der Waals surface area contributed by atoms with E-state index in [1.165, 1.54) is 0 Å². The second kappa shape index (κ2) is 8.88. The Morgan fingerprint density at radius 2 is 1.73 bits per heavy atom. The number of nitrogens with zero attached hydrogens (tertiary/aromatic N) is 2. The van der Waals surface area contributed by atoms with Gasteiger partial charge in [-0.3, -0.25) is 0 Å². The second-order valence-electron chi connectivity index (χ2n) is 7.71. The molecule has 33 heavy (non-hydrogen) atoms. The Balaban J connectivity index is 1.50. The normalized spacial score (nSPS) is 11.2. The Kier molecular flexibility index (Phi) is 5.62. The summed E-state index contributed by atoms with van der Waals surface area (Å²) in [6.07, 6.45) is 1.97. The van der Waals surface area contributed by atoms with Crippen LogP contribution in [0.4, 0.5) is 0 Å². The van der Waals surface area contributed by atoms with Crippen molar-refractivity contribution in [3.8, 4) is 5.75 Å². The van der Waals surface area contributed by atoms with E-state index in [0.29, 0.717) is 23.9 Å². The van der Waals surface area contributed by atoms with E-state index in [0.717, 1.165) is 32.3 Å². The van der Waals surface area contributed by atoms with Crippen LogP contribution >= 0.6 is 11.6 Å². The molecule has 0 fully saturated rings. The fourth-order valence-electron chi connectivity index (χ4n) is 3.84. The third kappa shape index (κ3) is 4.63. The Bertz CT molecular complexity index is 1530. The van der Waals surface area contributed by atoms with Crippen molar-refractivity contribution in [3.05, 3.63) is 122 Å². The number of aromatic amines is 1. The molecule has 0 radical (unpaired) electrons. The van der Waals surface area contributed by atoms with Gasteiger partial charge in [0.25, 0.3) is 0 Å². The topological polar surface area (TPSA) is 82.2 Å². The third-order valence-corrected chi connectivity index (χ3v) is 5.60. The molecule has 2 aromatic heterocycles. The van der Waals surface area contributed by atoms with Gasteiger partial charge in [-0.2, -0.15) is 0 Å². The second-order valence-corrected chi connectivity index (χ2v) is 8.15. The number of hydrogen-bond donors (Lipinski definition) is 1. The van der Waals surface area contributed by atoms with Crippen molar-refractivity contribution in [1.29, 1.82) is 0 Å². The van der Waals surface area contributed by atoms with Crippen molar-refractivity contribution in [2.75, 3.05) is 0 Å². The molecule has 0 atom stereocenters. The van der Waals surface area contributed by atoms with Crippen LogP contribution < -0.4 is 16.2 Å². The summed E-state index contributed by atoms with van der Waals surface area (Å²) in [5.41, 5.74) is 3.34. The molecule has 0 unspecified atom stereocenters. The van der Waals surface area contributed by atoms with Crippen LogP contribution in [0.3, 0.4) is 0 Å². The Morgan fingerprint density at radius 3 is 2.48 bits per heavy atom. The highest BCUT2D eigenvalue weighted by atomic mass is 35.5. The van der Waals surface area contributed by atoms with E-state index in [1.807, 2.05) is 66.9 Å². The number of fused-ring (bicyclic) bond motifs is 1. The van der Waals surface area contributed by atoms with E-state index >= 15 is 0 Å². The van der Waals surface area contributed by atoms with Crippen LogP contribution in [0.2, 0.25) is 5.02 Å². The molecule has 0 bridgehead atoms. The summed E-state index contributed by atoms with van der Waals surface area (Å²) in [4.78, 5) is 25.6. The predicted molar refractivity (Wildman–Crippen MR) is 126 cm³/mol. The molecule has 0 aliphatic heterocycles. The predicted octanol–water partition coefficient (Wildman–Crippen LogP) is 4.41. The van der Waals surface area contributed by atoms with E-state index in [2.05, 4.69) is 21.7 Å². The van der Waals surface area contributed by atoms with Gasteiger partial charge in [0.15, 0.2) is 0 Å². The van der Waals surface area contributed by atoms with Crippen molar-refractivity contribution in [3.63, 3.8) is 0 Å². The summed E-state index contributed by atoms with van der Waals surface area (Å²) in [6.45, 7) is 1.15. The van der Waals surface area contributed by atoms with Crippen LogP contribution in [0, 0.1) is 0 Å². The van der Waals surface area contributed by atoms with Gasteiger partial charge in [-0.15, -0.1) is 4.74 Å². The largest absolute Gasteiger partial charge is 0.489 e. The molecule has 5 aromatic rings. The molecule has 5 rings (SSSR count). The summed E-state index contributed by atoms with van der Waals surface area (Å²) >= 11 is 6.07. The van der Waals surface area contributed by atoms with E-state index in [4.69, 9.17) is 20.9 Å². The number of nitrogens with one attached hydrogen (secondary N) is 1. The average molecular weight is 462 g/mol. The van der Waals surface area contributed by atoms with Crippen LogP contribution in [0.1, 0.15) is 16.7 Å². The number of rotatable bonds is 7. The van der Waals surface area contributed by atoms with Crippen molar-refractivity contribution in [2.45, 2.75) is 19.7 Å². The van der Waals surface area contributed by atoms with Crippen LogP contribution in [-0.2, 0) is 19.7 Å². The lowest BCUT2D eigenvalue weighted by Crippen LogP contribution is -2.17. The van der Waals surface area contributed by atoms with E-state index in [1.54, 1.807) is 0 Å². The maximum absolute atomic E-state index is 12.0. The number of hydrogen-bond acceptors (Lipinski definition) is 4.